The van der Waals surface area contributed by atoms with Crippen LogP contribution in [-0.2, 0) is 14.3 Å². The standard InChI is InChI=1S/C15H18N2O4/c18-13(10-21-15(20)12-8-4-5-9-12)16-17-14(19)11-6-2-1-3-7-11/h1-3,6-7,12H,4-5,8-10H2,(H,16,18)(H,17,19). The van der Waals surface area contributed by atoms with E-state index in [2.05, 4.69) is 10.9 Å². The number of nitrogens with one attached hydrogen (secondary N) is 2. The summed E-state index contributed by atoms with van der Waals surface area (Å²) in [5.74, 6) is -1.41. The first-order valence-electron chi connectivity index (χ1n) is 6.97. The predicted molar refractivity (Wildman–Crippen MR) is 75.0 cm³/mol. The molecule has 0 spiro atoms. The van der Waals surface area contributed by atoms with Gasteiger partial charge in [-0.05, 0) is 25.0 Å². The van der Waals surface area contributed by atoms with Crippen LogP contribution in [0.5, 0.6) is 0 Å². The molecule has 0 aliphatic heterocycles. The molecular formula is C15H18N2O4. The molecule has 6 nitrogen and oxygen atoms in total. The maximum atomic E-state index is 11.7. The van der Waals surface area contributed by atoms with E-state index >= 15 is 0 Å². The van der Waals surface area contributed by atoms with Crippen LogP contribution in [0.15, 0.2) is 30.3 Å². The van der Waals surface area contributed by atoms with E-state index in [0.717, 1.165) is 25.7 Å². The van der Waals surface area contributed by atoms with E-state index in [9.17, 15) is 14.4 Å². The Kier molecular flexibility index (Phi) is 5.31. The van der Waals surface area contributed by atoms with Crippen molar-refractivity contribution in [2.24, 2.45) is 5.92 Å². The Morgan fingerprint density at radius 3 is 2.38 bits per heavy atom. The maximum Gasteiger partial charge on any atom is 0.309 e. The zero-order valence-corrected chi connectivity index (χ0v) is 11.6. The fourth-order valence-electron chi connectivity index (χ4n) is 2.24. The Balaban J connectivity index is 1.67. The number of carbonyl (C=O) groups excluding carboxylic acids is 3. The molecule has 21 heavy (non-hydrogen) atoms. The van der Waals surface area contributed by atoms with Gasteiger partial charge in [0.15, 0.2) is 6.61 Å². The molecule has 1 fully saturated rings. The summed E-state index contributed by atoms with van der Waals surface area (Å²) in [7, 11) is 0. The molecule has 1 aliphatic carbocycles. The van der Waals surface area contributed by atoms with E-state index in [1.54, 1.807) is 30.3 Å². The summed E-state index contributed by atoms with van der Waals surface area (Å²) in [6, 6.07) is 8.49. The van der Waals surface area contributed by atoms with Crippen LogP contribution in [0.3, 0.4) is 0 Å². The zero-order valence-electron chi connectivity index (χ0n) is 11.6. The Hall–Kier alpha value is -2.37. The van der Waals surface area contributed by atoms with Gasteiger partial charge in [0.05, 0.1) is 5.92 Å². The van der Waals surface area contributed by atoms with Crippen LogP contribution in [0.1, 0.15) is 36.0 Å². The molecule has 0 atom stereocenters. The smallest absolute Gasteiger partial charge is 0.309 e. The number of amides is 2. The van der Waals surface area contributed by atoms with Crippen molar-refractivity contribution in [1.82, 2.24) is 10.9 Å². The summed E-state index contributed by atoms with van der Waals surface area (Å²) in [6.45, 7) is -0.385. The van der Waals surface area contributed by atoms with Crippen LogP contribution < -0.4 is 10.9 Å². The highest BCUT2D eigenvalue weighted by Gasteiger charge is 2.24. The van der Waals surface area contributed by atoms with E-state index in [4.69, 9.17) is 4.74 Å². The third-order valence-corrected chi connectivity index (χ3v) is 3.39. The van der Waals surface area contributed by atoms with Crippen LogP contribution in [0.2, 0.25) is 0 Å². The fourth-order valence-corrected chi connectivity index (χ4v) is 2.24. The normalized spacial score (nSPS) is 14.5. The van der Waals surface area contributed by atoms with Gasteiger partial charge in [0.1, 0.15) is 0 Å². The topological polar surface area (TPSA) is 84.5 Å². The van der Waals surface area contributed by atoms with Gasteiger partial charge in [-0.25, -0.2) is 0 Å². The van der Waals surface area contributed by atoms with Crippen molar-refractivity contribution in [3.63, 3.8) is 0 Å². The van der Waals surface area contributed by atoms with E-state index in [0.29, 0.717) is 5.56 Å². The molecular weight excluding hydrogens is 272 g/mol. The van der Waals surface area contributed by atoms with E-state index in [-0.39, 0.29) is 18.5 Å². The third kappa shape index (κ3) is 4.59. The van der Waals surface area contributed by atoms with Crippen molar-refractivity contribution in [1.29, 1.82) is 0 Å². The van der Waals surface area contributed by atoms with Crippen molar-refractivity contribution >= 4 is 17.8 Å². The molecule has 0 aromatic heterocycles. The monoisotopic (exact) mass is 290 g/mol. The number of hydrogen-bond donors (Lipinski definition) is 2. The summed E-state index contributed by atoms with van der Waals surface area (Å²) in [4.78, 5) is 34.8. The number of hydrazine groups is 1. The quantitative estimate of drug-likeness (QED) is 0.644. The lowest BCUT2D eigenvalue weighted by Crippen LogP contribution is -2.43. The molecule has 1 aromatic carbocycles. The van der Waals surface area contributed by atoms with E-state index < -0.39 is 11.8 Å². The zero-order chi connectivity index (χ0) is 15.1. The number of carbonyl (C=O) groups is 3. The summed E-state index contributed by atoms with van der Waals surface area (Å²) in [5.41, 5.74) is 4.90. The third-order valence-electron chi connectivity index (χ3n) is 3.39. The lowest BCUT2D eigenvalue weighted by molar-refractivity contribution is -0.152. The highest BCUT2D eigenvalue weighted by atomic mass is 16.5. The molecule has 0 bridgehead atoms. The largest absolute Gasteiger partial charge is 0.455 e. The first-order chi connectivity index (χ1) is 10.2. The van der Waals surface area contributed by atoms with Crippen LogP contribution in [0.25, 0.3) is 0 Å². The van der Waals surface area contributed by atoms with Crippen molar-refractivity contribution in [3.05, 3.63) is 35.9 Å². The van der Waals surface area contributed by atoms with Crippen LogP contribution in [0, 0.1) is 5.92 Å². The Morgan fingerprint density at radius 1 is 1.05 bits per heavy atom. The van der Waals surface area contributed by atoms with Gasteiger partial charge in [0.25, 0.3) is 11.8 Å². The SMILES string of the molecule is O=C(COC(=O)C1CCCC1)NNC(=O)c1ccccc1. The Morgan fingerprint density at radius 2 is 1.71 bits per heavy atom. The molecule has 0 unspecified atom stereocenters. The van der Waals surface area contributed by atoms with Gasteiger partial charge in [-0.1, -0.05) is 31.0 Å². The number of rotatable bonds is 4. The summed E-state index contributed by atoms with van der Waals surface area (Å²) in [5, 5.41) is 0. The highest BCUT2D eigenvalue weighted by molar-refractivity contribution is 5.95. The molecule has 1 saturated carbocycles. The summed E-state index contributed by atoms with van der Waals surface area (Å²) >= 11 is 0. The minimum absolute atomic E-state index is 0.0864. The van der Waals surface area contributed by atoms with Gasteiger partial charge in [-0.15, -0.1) is 0 Å². The van der Waals surface area contributed by atoms with Crippen molar-refractivity contribution in [3.8, 4) is 0 Å². The first kappa shape index (κ1) is 15.0. The molecule has 0 saturated heterocycles. The molecule has 2 rings (SSSR count). The minimum Gasteiger partial charge on any atom is -0.455 e. The molecule has 112 valence electrons. The predicted octanol–water partition coefficient (Wildman–Crippen LogP) is 1.18. The lowest BCUT2D eigenvalue weighted by Gasteiger charge is -2.10. The summed E-state index contributed by atoms with van der Waals surface area (Å²) in [6.07, 6.45) is 3.70. The molecule has 2 N–H and O–H groups in total. The molecule has 0 radical (unpaired) electrons. The fraction of sp³-hybridized carbons (Fsp3) is 0.400. The van der Waals surface area contributed by atoms with Gasteiger partial charge in [-0.2, -0.15) is 0 Å². The number of ether oxygens (including phenoxy) is 1. The molecule has 1 aliphatic rings. The highest BCUT2D eigenvalue weighted by Crippen LogP contribution is 2.25. The van der Waals surface area contributed by atoms with Crippen molar-refractivity contribution < 1.29 is 19.1 Å². The van der Waals surface area contributed by atoms with Gasteiger partial charge >= 0.3 is 5.97 Å². The van der Waals surface area contributed by atoms with Crippen LogP contribution in [-0.4, -0.2) is 24.4 Å². The Bertz CT molecular complexity index is 510. The summed E-state index contributed by atoms with van der Waals surface area (Å²) < 4.78 is 4.92. The van der Waals surface area contributed by atoms with Crippen molar-refractivity contribution in [2.45, 2.75) is 25.7 Å². The van der Waals surface area contributed by atoms with Crippen molar-refractivity contribution in [2.75, 3.05) is 6.61 Å². The van der Waals surface area contributed by atoms with Gasteiger partial charge in [-0.3, -0.25) is 25.2 Å². The molecule has 6 heteroatoms. The average molecular weight is 290 g/mol. The average Bonchev–Trinajstić information content (AvgIpc) is 3.05. The molecule has 2 amide bonds. The number of hydrogen-bond acceptors (Lipinski definition) is 4. The Labute approximate surface area is 122 Å². The molecule has 1 aromatic rings. The number of esters is 1. The molecule has 0 heterocycles. The number of benzene rings is 1. The second-order valence-electron chi connectivity index (χ2n) is 4.96. The maximum absolute atomic E-state index is 11.7. The van der Waals surface area contributed by atoms with Crippen LogP contribution in [0.4, 0.5) is 0 Å². The lowest BCUT2D eigenvalue weighted by atomic mass is 10.1. The van der Waals surface area contributed by atoms with Gasteiger partial charge in [0, 0.05) is 5.56 Å². The second kappa shape index (κ2) is 7.42. The van der Waals surface area contributed by atoms with Crippen LogP contribution >= 0.6 is 0 Å². The van der Waals surface area contributed by atoms with Gasteiger partial charge in [0.2, 0.25) is 0 Å². The van der Waals surface area contributed by atoms with E-state index in [1.807, 2.05) is 0 Å². The second-order valence-corrected chi connectivity index (χ2v) is 4.96. The minimum atomic E-state index is -0.564. The van der Waals surface area contributed by atoms with E-state index in [1.165, 1.54) is 0 Å². The van der Waals surface area contributed by atoms with Gasteiger partial charge < -0.3 is 4.74 Å². The first-order valence-corrected chi connectivity index (χ1v) is 6.97.